The number of nitrogens with one attached hydrogen (secondary N) is 1. The monoisotopic (exact) mass is 670 g/mol. The van der Waals surface area contributed by atoms with Crippen LogP contribution in [0.25, 0.3) is 0 Å². The first-order chi connectivity index (χ1) is 21.6. The first-order valence-electron chi connectivity index (χ1n) is 15.7. The van der Waals surface area contributed by atoms with Crippen molar-refractivity contribution >= 4 is 21.7 Å². The van der Waals surface area contributed by atoms with Gasteiger partial charge >= 0.3 is 15.5 Å². The van der Waals surface area contributed by atoms with E-state index in [0.29, 0.717) is 43.2 Å². The summed E-state index contributed by atoms with van der Waals surface area (Å²) in [4.78, 5) is 28.3. The summed E-state index contributed by atoms with van der Waals surface area (Å²) < 4.78 is 83.6. The molecule has 5 rings (SSSR count). The maximum atomic E-state index is 14.3. The number of anilines is 1. The molecule has 0 unspecified atom stereocenters. The molecule has 15 heteroatoms. The molecule has 1 N–H and O–H groups in total. The Hall–Kier alpha value is -3.04. The molecule has 2 aliphatic heterocycles. The van der Waals surface area contributed by atoms with Crippen LogP contribution in [0.4, 0.5) is 23.4 Å². The molecule has 3 heterocycles. The summed E-state index contributed by atoms with van der Waals surface area (Å²) in [5.41, 5.74) is -5.15. The highest BCUT2D eigenvalue weighted by atomic mass is 32.2. The lowest BCUT2D eigenvalue weighted by molar-refractivity contribution is -0.0482. The van der Waals surface area contributed by atoms with E-state index in [1.165, 1.54) is 24.5 Å². The summed E-state index contributed by atoms with van der Waals surface area (Å²) in [6.45, 7) is 11.6. The number of hydrogen-bond donors (Lipinski definition) is 1. The van der Waals surface area contributed by atoms with Crippen molar-refractivity contribution in [2.75, 3.05) is 37.6 Å². The molecule has 0 bridgehead atoms. The fourth-order valence-corrected chi connectivity index (χ4v) is 8.03. The Kier molecular flexibility index (Phi) is 9.86. The smallest absolute Gasteiger partial charge is 0.451 e. The van der Waals surface area contributed by atoms with Gasteiger partial charge in [0.2, 0.25) is 0 Å². The lowest BCUT2D eigenvalue weighted by atomic mass is 9.67. The molecular weight excluding hydrogens is 628 g/mol. The highest BCUT2D eigenvalue weighted by molar-refractivity contribution is 7.90. The van der Waals surface area contributed by atoms with E-state index in [2.05, 4.69) is 19.8 Å². The molecule has 1 atom stereocenters. The number of likely N-dealkylation sites (tertiary alicyclic amines) is 1. The highest BCUT2D eigenvalue weighted by Crippen LogP contribution is 2.45. The lowest BCUT2D eigenvalue weighted by Gasteiger charge is -2.54. The maximum Gasteiger partial charge on any atom is 0.511 e. The minimum absolute atomic E-state index is 0.0249. The maximum absolute atomic E-state index is 14.3. The summed E-state index contributed by atoms with van der Waals surface area (Å²) in [5.74, 6) is 0.652. The summed E-state index contributed by atoms with van der Waals surface area (Å²) >= 11 is 0. The SMILES string of the molecule is CC(C)N(C(=O)c1cc(F)ccc1Oc1cncnc1N1CC[C@@H](CN2CC3(CCC(NS(=O)(=O)C(F)(F)F)CC3)C2)C1)C(C)C. The summed E-state index contributed by atoms with van der Waals surface area (Å²) in [5, 5.41) is 0. The van der Waals surface area contributed by atoms with Crippen LogP contribution >= 0.6 is 0 Å². The molecule has 1 aromatic carbocycles. The third-order valence-corrected chi connectivity index (χ3v) is 10.5. The van der Waals surface area contributed by atoms with Crippen molar-refractivity contribution in [3.05, 3.63) is 42.1 Å². The zero-order valence-electron chi connectivity index (χ0n) is 26.6. The number of benzene rings is 1. The predicted molar refractivity (Wildman–Crippen MR) is 165 cm³/mol. The molecule has 3 fully saturated rings. The van der Waals surface area contributed by atoms with Gasteiger partial charge in [-0.05, 0) is 89.3 Å². The largest absolute Gasteiger partial charge is 0.511 e. The van der Waals surface area contributed by atoms with Gasteiger partial charge in [0, 0.05) is 50.8 Å². The second kappa shape index (κ2) is 13.2. The van der Waals surface area contributed by atoms with E-state index in [0.717, 1.165) is 39.1 Å². The van der Waals surface area contributed by atoms with Crippen LogP contribution in [-0.2, 0) is 10.0 Å². The summed E-state index contributed by atoms with van der Waals surface area (Å²) in [6.07, 6.45) is 6.07. The van der Waals surface area contributed by atoms with Crippen LogP contribution in [0.15, 0.2) is 30.7 Å². The van der Waals surface area contributed by atoms with Crippen LogP contribution in [0, 0.1) is 17.2 Å². The number of nitrogens with zero attached hydrogens (tertiary/aromatic N) is 5. The minimum Gasteiger partial charge on any atom is -0.451 e. The van der Waals surface area contributed by atoms with Gasteiger partial charge in [0.15, 0.2) is 11.6 Å². The third kappa shape index (κ3) is 7.41. The number of alkyl halides is 3. The average Bonchev–Trinajstić information content (AvgIpc) is 3.41. The number of halogens is 4. The van der Waals surface area contributed by atoms with Gasteiger partial charge in [-0.25, -0.2) is 27.5 Å². The number of ether oxygens (including phenoxy) is 1. The number of sulfonamides is 1. The molecule has 2 saturated heterocycles. The van der Waals surface area contributed by atoms with Gasteiger partial charge in [-0.3, -0.25) is 4.79 Å². The van der Waals surface area contributed by atoms with E-state index in [-0.39, 0.29) is 34.7 Å². The molecule has 1 aromatic heterocycles. The Bertz CT molecular complexity index is 1500. The van der Waals surface area contributed by atoms with E-state index < -0.39 is 27.4 Å². The van der Waals surface area contributed by atoms with Crippen LogP contribution < -0.4 is 14.4 Å². The highest BCUT2D eigenvalue weighted by Gasteiger charge is 2.50. The van der Waals surface area contributed by atoms with Gasteiger partial charge in [0.25, 0.3) is 5.91 Å². The number of amides is 1. The van der Waals surface area contributed by atoms with Crippen molar-refractivity contribution in [2.45, 2.75) is 83.4 Å². The first kappa shape index (κ1) is 34.3. The number of carbonyl (C=O) groups is 1. The van der Waals surface area contributed by atoms with Crippen LogP contribution in [-0.4, -0.2) is 90.5 Å². The molecule has 3 aliphatic rings. The number of rotatable bonds is 10. The normalized spacial score (nSPS) is 20.8. The third-order valence-electron chi connectivity index (χ3n) is 9.29. The van der Waals surface area contributed by atoms with E-state index in [1.54, 1.807) is 11.1 Å². The fourth-order valence-electron chi connectivity index (χ4n) is 7.22. The second-order valence-corrected chi connectivity index (χ2v) is 15.2. The van der Waals surface area contributed by atoms with E-state index in [9.17, 15) is 30.8 Å². The molecule has 2 aromatic rings. The second-order valence-electron chi connectivity index (χ2n) is 13.5. The van der Waals surface area contributed by atoms with Gasteiger partial charge in [-0.15, -0.1) is 0 Å². The topological polar surface area (TPSA) is 108 Å². The lowest BCUT2D eigenvalue weighted by Crippen LogP contribution is -2.60. The molecule has 1 saturated carbocycles. The Morgan fingerprint density at radius 2 is 1.78 bits per heavy atom. The van der Waals surface area contributed by atoms with Crippen molar-refractivity contribution in [2.24, 2.45) is 11.3 Å². The molecule has 10 nitrogen and oxygen atoms in total. The molecule has 46 heavy (non-hydrogen) atoms. The molecule has 1 spiro atoms. The first-order valence-corrected chi connectivity index (χ1v) is 17.2. The van der Waals surface area contributed by atoms with Crippen molar-refractivity contribution in [1.29, 1.82) is 0 Å². The van der Waals surface area contributed by atoms with Crippen molar-refractivity contribution in [3.63, 3.8) is 0 Å². The van der Waals surface area contributed by atoms with E-state index in [1.807, 2.05) is 32.4 Å². The number of carbonyl (C=O) groups excluding carboxylic acids is 1. The van der Waals surface area contributed by atoms with Gasteiger partial charge in [0.1, 0.15) is 17.9 Å². The minimum atomic E-state index is -5.33. The standard InChI is InChI=1S/C31H42F4N6O4S/c1-20(2)41(21(3)4)29(42)25-13-23(32)5-6-26(25)45-27-14-36-19-37-28(27)40-12-9-22(16-40)15-39-17-30(18-39)10-7-24(8-11-30)38-46(43,44)31(33,34)35/h5-6,13-14,19-22,24,38H,7-12,15-18H2,1-4H3/t22-/m0/s1. The zero-order valence-corrected chi connectivity index (χ0v) is 27.4. The summed E-state index contributed by atoms with van der Waals surface area (Å²) in [6, 6.07) is 3.01. The van der Waals surface area contributed by atoms with Crippen molar-refractivity contribution in [3.8, 4) is 11.5 Å². The van der Waals surface area contributed by atoms with Gasteiger partial charge in [-0.1, -0.05) is 0 Å². The molecule has 254 valence electrons. The van der Waals surface area contributed by atoms with E-state index >= 15 is 0 Å². The molecule has 1 amide bonds. The van der Waals surface area contributed by atoms with Crippen LogP contribution in [0.2, 0.25) is 0 Å². The van der Waals surface area contributed by atoms with Crippen molar-refractivity contribution in [1.82, 2.24) is 24.5 Å². The Morgan fingerprint density at radius 1 is 1.11 bits per heavy atom. The van der Waals surface area contributed by atoms with Gasteiger partial charge < -0.3 is 19.4 Å². The quantitative estimate of drug-likeness (QED) is 0.345. The Balaban J connectivity index is 1.18. The van der Waals surface area contributed by atoms with Crippen LogP contribution in [0.5, 0.6) is 11.5 Å². The molecular formula is C31H42F4N6O4S. The van der Waals surface area contributed by atoms with Crippen LogP contribution in [0.3, 0.4) is 0 Å². The van der Waals surface area contributed by atoms with E-state index in [4.69, 9.17) is 4.74 Å². The van der Waals surface area contributed by atoms with Crippen LogP contribution in [0.1, 0.15) is 70.2 Å². The Morgan fingerprint density at radius 3 is 2.41 bits per heavy atom. The van der Waals surface area contributed by atoms with Gasteiger partial charge in [0.05, 0.1) is 11.8 Å². The summed E-state index contributed by atoms with van der Waals surface area (Å²) in [7, 11) is -5.33. The predicted octanol–water partition coefficient (Wildman–Crippen LogP) is 5.18. The van der Waals surface area contributed by atoms with Gasteiger partial charge in [-0.2, -0.15) is 13.2 Å². The average molecular weight is 671 g/mol. The Labute approximate surface area is 267 Å². The molecule has 1 aliphatic carbocycles. The molecule has 0 radical (unpaired) electrons. The zero-order chi connectivity index (χ0) is 33.4. The number of aromatic nitrogens is 2. The fraction of sp³-hybridized carbons (Fsp3) is 0.645. The van der Waals surface area contributed by atoms with Crippen molar-refractivity contribution < 1.29 is 35.5 Å². The number of hydrogen-bond acceptors (Lipinski definition) is 8.